The van der Waals surface area contributed by atoms with Crippen LogP contribution in [0.4, 0.5) is 0 Å². The van der Waals surface area contributed by atoms with Crippen LogP contribution in [0.2, 0.25) is 10.0 Å². The number of benzene rings is 3. The molecule has 0 spiro atoms. The number of nitrogens with one attached hydrogen (secondary N) is 2. The zero-order chi connectivity index (χ0) is 22.1. The molecule has 0 aliphatic rings. The van der Waals surface area contributed by atoms with Crippen LogP contribution in [0.5, 0.6) is 0 Å². The number of guanidine groups is 1. The van der Waals surface area contributed by atoms with Gasteiger partial charge in [-0.25, -0.2) is 10.9 Å². The number of carbonyl (C=O) groups is 1. The van der Waals surface area contributed by atoms with Crippen molar-refractivity contribution < 1.29 is 4.79 Å². The van der Waals surface area contributed by atoms with E-state index < -0.39 is 5.91 Å². The summed E-state index contributed by atoms with van der Waals surface area (Å²) in [4.78, 5) is 16.5. The van der Waals surface area contributed by atoms with Crippen LogP contribution in [-0.4, -0.2) is 24.3 Å². The highest BCUT2D eigenvalue weighted by atomic mass is 79.9. The maximum atomic E-state index is 12.5. The minimum atomic E-state index is -0.453. The van der Waals surface area contributed by atoms with E-state index in [1.807, 2.05) is 24.3 Å². The van der Waals surface area contributed by atoms with Crippen LogP contribution in [0.25, 0.3) is 0 Å². The largest absolute Gasteiger partial charge is 0.280 e. The summed E-state index contributed by atoms with van der Waals surface area (Å²) in [5, 5.41) is 9.48. The van der Waals surface area contributed by atoms with Gasteiger partial charge in [-0.15, -0.1) is 0 Å². The molecule has 0 saturated carbocycles. The minimum Gasteiger partial charge on any atom is -0.267 e. The van der Waals surface area contributed by atoms with Crippen molar-refractivity contribution in [3.05, 3.63) is 104 Å². The molecular formula is C22H16BrCl2N5O. The van der Waals surface area contributed by atoms with Crippen LogP contribution in [-0.2, 0) is 0 Å². The van der Waals surface area contributed by atoms with E-state index in [0.717, 1.165) is 15.6 Å². The smallest absolute Gasteiger partial charge is 0.267 e. The molecule has 2 N–H and O–H groups in total. The monoisotopic (exact) mass is 515 g/mol. The molecular weight excluding hydrogens is 501 g/mol. The third kappa shape index (κ3) is 7.64. The van der Waals surface area contributed by atoms with Gasteiger partial charge in [0.1, 0.15) is 0 Å². The van der Waals surface area contributed by atoms with Crippen LogP contribution in [0, 0.1) is 0 Å². The predicted octanol–water partition coefficient (Wildman–Crippen LogP) is 5.50. The second-order valence-electron chi connectivity index (χ2n) is 6.12. The molecule has 3 aromatic carbocycles. The summed E-state index contributed by atoms with van der Waals surface area (Å²) < 4.78 is 0.865. The van der Waals surface area contributed by atoms with Crippen LogP contribution in [0.3, 0.4) is 0 Å². The van der Waals surface area contributed by atoms with Crippen molar-refractivity contribution in [1.29, 1.82) is 0 Å². The predicted molar refractivity (Wildman–Crippen MR) is 130 cm³/mol. The Labute approximate surface area is 197 Å². The van der Waals surface area contributed by atoms with Gasteiger partial charge in [0.25, 0.3) is 5.91 Å². The Morgan fingerprint density at radius 3 is 1.65 bits per heavy atom. The number of hydrogen-bond acceptors (Lipinski definition) is 3. The van der Waals surface area contributed by atoms with Crippen molar-refractivity contribution in [2.24, 2.45) is 15.2 Å². The first kappa shape index (κ1) is 22.7. The van der Waals surface area contributed by atoms with Crippen molar-refractivity contribution in [1.82, 2.24) is 10.9 Å². The molecule has 0 aliphatic carbocycles. The van der Waals surface area contributed by atoms with Gasteiger partial charge in [0.15, 0.2) is 0 Å². The van der Waals surface area contributed by atoms with Gasteiger partial charge in [-0.1, -0.05) is 63.4 Å². The van der Waals surface area contributed by atoms with E-state index in [9.17, 15) is 4.79 Å². The second kappa shape index (κ2) is 11.4. The number of rotatable bonds is 5. The fourth-order valence-corrected chi connectivity index (χ4v) is 2.78. The van der Waals surface area contributed by atoms with E-state index in [2.05, 4.69) is 42.0 Å². The third-order valence-electron chi connectivity index (χ3n) is 3.81. The van der Waals surface area contributed by atoms with Gasteiger partial charge < -0.3 is 0 Å². The summed E-state index contributed by atoms with van der Waals surface area (Å²) in [7, 11) is 0. The van der Waals surface area contributed by atoms with Crippen molar-refractivity contribution >= 4 is 63.4 Å². The van der Waals surface area contributed by atoms with Gasteiger partial charge in [-0.05, 0) is 59.7 Å². The van der Waals surface area contributed by atoms with Crippen LogP contribution >= 0.6 is 39.1 Å². The Hall–Kier alpha value is -3.00. The summed E-state index contributed by atoms with van der Waals surface area (Å²) in [6, 6.07) is 21.1. The van der Waals surface area contributed by atoms with Gasteiger partial charge in [-0.3, -0.25) is 4.79 Å². The first-order valence-electron chi connectivity index (χ1n) is 8.97. The summed E-state index contributed by atoms with van der Waals surface area (Å²) in [5.41, 5.74) is 7.46. The zero-order valence-corrected chi connectivity index (χ0v) is 19.1. The van der Waals surface area contributed by atoms with E-state index in [-0.39, 0.29) is 5.96 Å². The topological polar surface area (TPSA) is 78.2 Å². The Morgan fingerprint density at radius 1 is 0.742 bits per heavy atom. The van der Waals surface area contributed by atoms with Crippen molar-refractivity contribution in [2.75, 3.05) is 0 Å². The van der Waals surface area contributed by atoms with E-state index in [1.165, 1.54) is 0 Å². The average Bonchev–Trinajstić information content (AvgIpc) is 2.77. The molecule has 0 aromatic heterocycles. The molecule has 0 atom stereocenters. The number of aliphatic imine (C=N–C) groups is 1. The number of carbonyl (C=O) groups excluding carboxylic acids is 1. The lowest BCUT2D eigenvalue weighted by Gasteiger charge is -2.05. The summed E-state index contributed by atoms with van der Waals surface area (Å²) in [5.74, 6) is -0.394. The summed E-state index contributed by atoms with van der Waals surface area (Å²) >= 11 is 15.1. The molecule has 0 unspecified atom stereocenters. The van der Waals surface area contributed by atoms with E-state index in [4.69, 9.17) is 23.2 Å². The van der Waals surface area contributed by atoms with Gasteiger partial charge in [0.2, 0.25) is 5.96 Å². The molecule has 0 fully saturated rings. The zero-order valence-electron chi connectivity index (χ0n) is 16.0. The fourth-order valence-electron chi connectivity index (χ4n) is 2.27. The number of amides is 1. The van der Waals surface area contributed by atoms with Crippen molar-refractivity contribution in [3.8, 4) is 0 Å². The fraction of sp³-hybridized carbons (Fsp3) is 0. The quantitative estimate of drug-likeness (QED) is 0.267. The molecule has 0 saturated heterocycles. The normalized spacial score (nSPS) is 10.9. The summed E-state index contributed by atoms with van der Waals surface area (Å²) in [6.07, 6.45) is 3.14. The summed E-state index contributed by atoms with van der Waals surface area (Å²) in [6.45, 7) is 0. The maximum absolute atomic E-state index is 12.5. The van der Waals surface area contributed by atoms with E-state index >= 15 is 0 Å². The van der Waals surface area contributed by atoms with Crippen molar-refractivity contribution in [2.45, 2.75) is 0 Å². The molecule has 3 rings (SSSR count). The molecule has 0 radical (unpaired) electrons. The number of halogens is 3. The highest BCUT2D eigenvalue weighted by molar-refractivity contribution is 9.10. The number of hydrazone groups is 2. The Bertz CT molecular complexity index is 1050. The molecule has 0 bridgehead atoms. The van der Waals surface area contributed by atoms with Gasteiger partial charge in [0, 0.05) is 20.1 Å². The maximum Gasteiger partial charge on any atom is 0.280 e. The van der Waals surface area contributed by atoms with Gasteiger partial charge in [0.05, 0.1) is 12.4 Å². The molecule has 9 heteroatoms. The highest BCUT2D eigenvalue weighted by Crippen LogP contribution is 2.11. The number of hydrogen-bond donors (Lipinski definition) is 2. The minimum absolute atomic E-state index is 0.0587. The first-order chi connectivity index (χ1) is 15.0. The third-order valence-corrected chi connectivity index (χ3v) is 4.85. The van der Waals surface area contributed by atoms with E-state index in [1.54, 1.807) is 61.0 Å². The Kier molecular flexibility index (Phi) is 8.35. The van der Waals surface area contributed by atoms with Gasteiger partial charge >= 0.3 is 0 Å². The first-order valence-corrected chi connectivity index (χ1v) is 10.5. The highest BCUT2D eigenvalue weighted by Gasteiger charge is 2.06. The molecule has 0 aliphatic heterocycles. The van der Waals surface area contributed by atoms with Crippen LogP contribution < -0.4 is 10.9 Å². The standard InChI is InChI=1S/C22H16BrCl2N5O/c23-18-7-5-17(6-8-18)21(31)28-22(29-26-13-15-1-9-19(24)10-2-15)30-27-14-16-3-11-20(25)12-4-16/h1-14H,(H2,28,29,30,31)/b26-13+,27-14+. The Morgan fingerprint density at radius 2 is 1.19 bits per heavy atom. The molecule has 0 heterocycles. The Balaban J connectivity index is 1.74. The van der Waals surface area contributed by atoms with Crippen LogP contribution in [0.1, 0.15) is 21.5 Å². The molecule has 6 nitrogen and oxygen atoms in total. The SMILES string of the molecule is O=C(N=C(N/N=C/c1ccc(Cl)cc1)N/N=C/c1ccc(Cl)cc1)c1ccc(Br)cc1. The van der Waals surface area contributed by atoms with E-state index in [0.29, 0.717) is 15.6 Å². The molecule has 156 valence electrons. The molecule has 1 amide bonds. The lowest BCUT2D eigenvalue weighted by Crippen LogP contribution is -2.32. The lowest BCUT2D eigenvalue weighted by atomic mass is 10.2. The molecule has 3 aromatic rings. The molecule has 31 heavy (non-hydrogen) atoms. The second-order valence-corrected chi connectivity index (χ2v) is 7.90. The van der Waals surface area contributed by atoms with Crippen molar-refractivity contribution in [3.63, 3.8) is 0 Å². The van der Waals surface area contributed by atoms with Crippen LogP contribution in [0.15, 0.2) is 92.5 Å². The van der Waals surface area contributed by atoms with Gasteiger partial charge in [-0.2, -0.15) is 15.2 Å². The average molecular weight is 517 g/mol. The number of nitrogens with zero attached hydrogens (tertiary/aromatic N) is 3. The lowest BCUT2D eigenvalue weighted by molar-refractivity contribution is 0.100.